The van der Waals surface area contributed by atoms with Crippen molar-refractivity contribution in [2.75, 3.05) is 6.26 Å². The van der Waals surface area contributed by atoms with E-state index in [1.807, 2.05) is 6.07 Å². The molecule has 4 nitrogen and oxygen atoms in total. The summed E-state index contributed by atoms with van der Waals surface area (Å²) in [6.07, 6.45) is 1.10. The largest absolute Gasteiger partial charge is 0.312 e. The van der Waals surface area contributed by atoms with Gasteiger partial charge >= 0.3 is 0 Å². The summed E-state index contributed by atoms with van der Waals surface area (Å²) in [7, 11) is -3.35. The Morgan fingerprint density at radius 1 is 1.53 bits per heavy atom. The lowest BCUT2D eigenvalue weighted by atomic mass is 10.1. The summed E-state index contributed by atoms with van der Waals surface area (Å²) in [5, 5.41) is 8.68. The number of sulfone groups is 1. The Bertz CT molecular complexity index is 608. The summed E-state index contributed by atoms with van der Waals surface area (Å²) >= 11 is 5.84. The predicted molar refractivity (Wildman–Crippen MR) is 65.4 cm³/mol. The number of nitrogens with zero attached hydrogens (tertiary/aromatic N) is 1. The van der Waals surface area contributed by atoms with Crippen LogP contribution in [0.2, 0.25) is 5.02 Å². The minimum atomic E-state index is -3.35. The van der Waals surface area contributed by atoms with Gasteiger partial charge in [0.05, 0.1) is 6.07 Å². The van der Waals surface area contributed by atoms with E-state index >= 15 is 0 Å². The Balaban J connectivity index is 2.46. The fourth-order valence-corrected chi connectivity index (χ4v) is 4.16. The van der Waals surface area contributed by atoms with Gasteiger partial charge in [0.2, 0.25) is 0 Å². The van der Waals surface area contributed by atoms with E-state index in [0.29, 0.717) is 10.6 Å². The molecule has 1 aliphatic rings. The number of hydrogen-bond acceptors (Lipinski definition) is 4. The van der Waals surface area contributed by atoms with Crippen LogP contribution in [-0.4, -0.2) is 25.5 Å². The SMILES string of the molecule is CS(=O)(=O)[C@@H]1[C@@H](c2cccc(Cl)c2)[C@]1(N)C#N. The van der Waals surface area contributed by atoms with Crippen LogP contribution in [0.25, 0.3) is 0 Å². The first-order valence-electron chi connectivity index (χ1n) is 4.95. The number of hydrogen-bond donors (Lipinski definition) is 1. The Labute approximate surface area is 105 Å². The predicted octanol–water partition coefficient (Wildman–Crippen LogP) is 1.07. The van der Waals surface area contributed by atoms with Crippen molar-refractivity contribution in [2.45, 2.75) is 16.7 Å². The molecule has 0 spiro atoms. The average Bonchev–Trinajstić information content (AvgIpc) is 2.86. The highest BCUT2D eigenvalue weighted by Gasteiger charge is 2.69. The molecule has 0 heterocycles. The number of halogens is 1. The van der Waals surface area contributed by atoms with Crippen molar-refractivity contribution in [1.29, 1.82) is 5.26 Å². The molecule has 0 unspecified atom stereocenters. The summed E-state index contributed by atoms with van der Waals surface area (Å²) in [5.41, 5.74) is 5.18. The van der Waals surface area contributed by atoms with E-state index in [4.69, 9.17) is 22.6 Å². The molecular formula is C11H11ClN2O2S. The molecule has 0 amide bonds. The molecule has 3 atom stereocenters. The van der Waals surface area contributed by atoms with Gasteiger partial charge in [-0.25, -0.2) is 8.42 Å². The summed E-state index contributed by atoms with van der Waals surface area (Å²) in [4.78, 5) is 0. The number of benzene rings is 1. The van der Waals surface area contributed by atoms with Crippen LogP contribution in [0.1, 0.15) is 11.5 Å². The van der Waals surface area contributed by atoms with Crippen LogP contribution < -0.4 is 5.73 Å². The van der Waals surface area contributed by atoms with Crippen LogP contribution in [0.15, 0.2) is 24.3 Å². The van der Waals surface area contributed by atoms with E-state index in [1.165, 1.54) is 0 Å². The average molecular weight is 271 g/mol. The molecule has 1 fully saturated rings. The molecule has 0 saturated heterocycles. The van der Waals surface area contributed by atoms with Crippen LogP contribution in [0.5, 0.6) is 0 Å². The maximum atomic E-state index is 11.6. The molecule has 17 heavy (non-hydrogen) atoms. The molecule has 6 heteroatoms. The van der Waals surface area contributed by atoms with Crippen molar-refractivity contribution in [3.8, 4) is 6.07 Å². The van der Waals surface area contributed by atoms with E-state index in [-0.39, 0.29) is 0 Å². The van der Waals surface area contributed by atoms with Gasteiger partial charge in [0.25, 0.3) is 0 Å². The first-order chi connectivity index (χ1) is 7.80. The second-order valence-electron chi connectivity index (χ2n) is 4.33. The van der Waals surface area contributed by atoms with Gasteiger partial charge in [-0.3, -0.25) is 0 Å². The Morgan fingerprint density at radius 2 is 2.18 bits per heavy atom. The molecule has 0 aliphatic heterocycles. The number of nitrogens with two attached hydrogens (primary N) is 1. The third-order valence-corrected chi connectivity index (χ3v) is 4.86. The van der Waals surface area contributed by atoms with Gasteiger partial charge < -0.3 is 5.73 Å². The fraction of sp³-hybridized carbons (Fsp3) is 0.364. The van der Waals surface area contributed by atoms with E-state index in [2.05, 4.69) is 0 Å². The molecule has 2 rings (SSSR count). The van der Waals surface area contributed by atoms with Crippen molar-refractivity contribution >= 4 is 21.4 Å². The minimum absolute atomic E-state index is 0.499. The van der Waals surface area contributed by atoms with Crippen molar-refractivity contribution in [3.05, 3.63) is 34.9 Å². The smallest absolute Gasteiger partial charge is 0.153 e. The fourth-order valence-electron chi connectivity index (χ4n) is 2.26. The second kappa shape index (κ2) is 3.70. The van der Waals surface area contributed by atoms with Crippen molar-refractivity contribution in [1.82, 2.24) is 0 Å². The van der Waals surface area contributed by atoms with Crippen LogP contribution >= 0.6 is 11.6 Å². The normalized spacial score (nSPS) is 31.9. The van der Waals surface area contributed by atoms with Crippen LogP contribution in [0.3, 0.4) is 0 Å². The van der Waals surface area contributed by atoms with Gasteiger partial charge in [0.15, 0.2) is 9.84 Å². The van der Waals surface area contributed by atoms with Crippen molar-refractivity contribution < 1.29 is 8.42 Å². The van der Waals surface area contributed by atoms with Gasteiger partial charge in [-0.05, 0) is 17.7 Å². The highest BCUT2D eigenvalue weighted by molar-refractivity contribution is 7.91. The zero-order valence-electron chi connectivity index (χ0n) is 9.09. The maximum absolute atomic E-state index is 11.6. The van der Waals surface area contributed by atoms with Gasteiger partial charge in [-0.15, -0.1) is 0 Å². The number of nitriles is 1. The molecule has 1 aromatic carbocycles. The summed E-state index contributed by atoms with van der Waals surface area (Å²) in [6, 6.07) is 8.68. The van der Waals surface area contributed by atoms with Gasteiger partial charge in [-0.2, -0.15) is 5.26 Å². The van der Waals surface area contributed by atoms with Gasteiger partial charge in [0, 0.05) is 17.2 Å². The minimum Gasteiger partial charge on any atom is -0.312 e. The van der Waals surface area contributed by atoms with E-state index in [9.17, 15) is 8.42 Å². The summed E-state index contributed by atoms with van der Waals surface area (Å²) in [5.74, 6) is -0.499. The summed E-state index contributed by atoms with van der Waals surface area (Å²) < 4.78 is 23.1. The van der Waals surface area contributed by atoms with Crippen LogP contribution in [0, 0.1) is 11.3 Å². The molecule has 1 saturated carbocycles. The highest BCUT2D eigenvalue weighted by atomic mass is 35.5. The molecular weight excluding hydrogens is 260 g/mol. The zero-order chi connectivity index (χ0) is 12.8. The Morgan fingerprint density at radius 3 is 2.59 bits per heavy atom. The highest BCUT2D eigenvalue weighted by Crippen LogP contribution is 2.53. The molecule has 0 radical (unpaired) electrons. The van der Waals surface area contributed by atoms with Gasteiger partial charge in [-0.1, -0.05) is 23.7 Å². The molecule has 1 aromatic rings. The molecule has 0 bridgehead atoms. The Hall–Kier alpha value is -1.09. The first-order valence-corrected chi connectivity index (χ1v) is 7.28. The third kappa shape index (κ3) is 1.93. The molecule has 2 N–H and O–H groups in total. The Kier molecular flexibility index (Phi) is 2.69. The van der Waals surface area contributed by atoms with Crippen molar-refractivity contribution in [3.63, 3.8) is 0 Å². The quantitative estimate of drug-likeness (QED) is 0.871. The molecule has 1 aliphatic carbocycles. The van der Waals surface area contributed by atoms with Crippen molar-refractivity contribution in [2.24, 2.45) is 5.73 Å². The van der Waals surface area contributed by atoms with Crippen LogP contribution in [0.4, 0.5) is 0 Å². The van der Waals surface area contributed by atoms with Gasteiger partial charge in [0.1, 0.15) is 10.8 Å². The number of rotatable bonds is 2. The van der Waals surface area contributed by atoms with E-state index in [1.54, 1.807) is 24.3 Å². The lowest BCUT2D eigenvalue weighted by Gasteiger charge is -2.00. The zero-order valence-corrected chi connectivity index (χ0v) is 10.7. The van der Waals surface area contributed by atoms with Crippen LogP contribution in [-0.2, 0) is 9.84 Å². The second-order valence-corrected chi connectivity index (χ2v) is 6.93. The topological polar surface area (TPSA) is 83.9 Å². The molecule has 0 aromatic heterocycles. The monoisotopic (exact) mass is 270 g/mol. The molecule has 90 valence electrons. The lowest BCUT2D eigenvalue weighted by Crippen LogP contribution is -2.28. The third-order valence-electron chi connectivity index (χ3n) is 3.04. The van der Waals surface area contributed by atoms with E-state index < -0.39 is 26.5 Å². The summed E-state index contributed by atoms with van der Waals surface area (Å²) in [6.45, 7) is 0. The first kappa shape index (κ1) is 12.4. The maximum Gasteiger partial charge on any atom is 0.153 e. The van der Waals surface area contributed by atoms with E-state index in [0.717, 1.165) is 6.26 Å². The lowest BCUT2D eigenvalue weighted by molar-refractivity contribution is 0.597. The standard InChI is InChI=1S/C11H11ClN2O2S/c1-17(15,16)10-9(11(10,14)6-13)7-3-2-4-8(12)5-7/h2-5,9-10H,14H2,1H3/t9-,10-,11-/m1/s1.